The van der Waals surface area contributed by atoms with Crippen molar-refractivity contribution < 1.29 is 5.11 Å². The van der Waals surface area contributed by atoms with Crippen LogP contribution in [0.2, 0.25) is 0 Å². The molecule has 2 aromatic heterocycles. The number of aryl methyl sites for hydroxylation is 1. The van der Waals surface area contributed by atoms with Crippen LogP contribution in [0.1, 0.15) is 18.2 Å². The van der Waals surface area contributed by atoms with Crippen LogP contribution in [0.4, 0.5) is 5.69 Å². The molecule has 5 nitrogen and oxygen atoms in total. The van der Waals surface area contributed by atoms with Crippen molar-refractivity contribution in [2.75, 3.05) is 24.6 Å². The van der Waals surface area contributed by atoms with Gasteiger partial charge in [0.25, 0.3) is 0 Å². The first-order valence-corrected chi connectivity index (χ1v) is 6.23. The van der Waals surface area contributed by atoms with E-state index in [2.05, 4.69) is 22.9 Å². The molecule has 98 valence electrons. The van der Waals surface area contributed by atoms with Crippen molar-refractivity contribution >= 4 is 11.3 Å². The molecule has 0 radical (unpaired) electrons. The highest BCUT2D eigenvalue weighted by molar-refractivity contribution is 5.58. The van der Waals surface area contributed by atoms with Crippen LogP contribution in [0.3, 0.4) is 0 Å². The number of fused-ring (bicyclic) bond motifs is 1. The van der Waals surface area contributed by atoms with Gasteiger partial charge < -0.3 is 20.1 Å². The first-order chi connectivity index (χ1) is 8.69. The second-order valence-corrected chi connectivity index (χ2v) is 4.35. The van der Waals surface area contributed by atoms with Crippen LogP contribution in [0.15, 0.2) is 18.5 Å². The summed E-state index contributed by atoms with van der Waals surface area (Å²) in [6.45, 7) is 6.23. The van der Waals surface area contributed by atoms with Gasteiger partial charge in [0.05, 0.1) is 18.0 Å². The van der Waals surface area contributed by atoms with Gasteiger partial charge in [-0.05, 0) is 25.5 Å². The lowest BCUT2D eigenvalue weighted by molar-refractivity contribution is 0.302. The van der Waals surface area contributed by atoms with Gasteiger partial charge in [-0.1, -0.05) is 0 Å². The molecule has 3 N–H and O–H groups in total. The van der Waals surface area contributed by atoms with Gasteiger partial charge in [-0.15, -0.1) is 0 Å². The van der Waals surface area contributed by atoms with Crippen LogP contribution in [0, 0.1) is 6.92 Å². The highest BCUT2D eigenvalue weighted by Crippen LogP contribution is 2.20. The van der Waals surface area contributed by atoms with Crippen molar-refractivity contribution in [3.8, 4) is 0 Å². The topological polar surface area (TPSA) is 66.8 Å². The Morgan fingerprint density at radius 1 is 1.44 bits per heavy atom. The first kappa shape index (κ1) is 12.9. The van der Waals surface area contributed by atoms with E-state index in [1.807, 2.05) is 23.7 Å². The van der Waals surface area contributed by atoms with Crippen molar-refractivity contribution in [3.05, 3.63) is 29.7 Å². The summed E-state index contributed by atoms with van der Waals surface area (Å²) in [5.74, 6) is 0. The maximum absolute atomic E-state index is 9.08. The van der Waals surface area contributed by atoms with E-state index in [1.165, 1.54) is 0 Å². The molecule has 0 saturated heterocycles. The fraction of sp³-hybridized carbons (Fsp3) is 0.462. The monoisotopic (exact) mass is 248 g/mol. The minimum atomic E-state index is 0.156. The van der Waals surface area contributed by atoms with Gasteiger partial charge in [-0.3, -0.25) is 0 Å². The van der Waals surface area contributed by atoms with Crippen molar-refractivity contribution in [2.45, 2.75) is 20.4 Å². The Labute approximate surface area is 107 Å². The van der Waals surface area contributed by atoms with Crippen molar-refractivity contribution in [1.29, 1.82) is 0 Å². The Hall–Kier alpha value is -1.59. The molecular weight excluding hydrogens is 228 g/mol. The van der Waals surface area contributed by atoms with Crippen LogP contribution >= 0.6 is 0 Å². The molecule has 2 rings (SSSR count). The van der Waals surface area contributed by atoms with Gasteiger partial charge in [-0.25, -0.2) is 4.98 Å². The molecule has 2 heterocycles. The molecule has 0 atom stereocenters. The maximum atomic E-state index is 9.08. The summed E-state index contributed by atoms with van der Waals surface area (Å²) in [5.41, 5.74) is 9.66. The average Bonchev–Trinajstić information content (AvgIpc) is 2.79. The largest absolute Gasteiger partial charge is 0.395 e. The van der Waals surface area contributed by atoms with Crippen LogP contribution in [0.25, 0.3) is 5.65 Å². The average molecular weight is 248 g/mol. The molecule has 0 aliphatic carbocycles. The summed E-state index contributed by atoms with van der Waals surface area (Å²) in [7, 11) is 0. The van der Waals surface area contributed by atoms with Crippen LogP contribution < -0.4 is 10.6 Å². The van der Waals surface area contributed by atoms with Gasteiger partial charge in [0.2, 0.25) is 0 Å². The van der Waals surface area contributed by atoms with E-state index in [9.17, 15) is 0 Å². The van der Waals surface area contributed by atoms with Crippen molar-refractivity contribution in [2.24, 2.45) is 5.73 Å². The lowest BCUT2D eigenvalue weighted by atomic mass is 10.2. The highest BCUT2D eigenvalue weighted by atomic mass is 16.3. The molecule has 0 fully saturated rings. The van der Waals surface area contributed by atoms with Gasteiger partial charge >= 0.3 is 0 Å². The van der Waals surface area contributed by atoms with Gasteiger partial charge in [0.15, 0.2) is 0 Å². The number of pyridine rings is 1. The van der Waals surface area contributed by atoms with Gasteiger partial charge in [0, 0.05) is 32.0 Å². The second kappa shape index (κ2) is 5.37. The van der Waals surface area contributed by atoms with E-state index in [0.717, 1.165) is 29.1 Å². The molecule has 0 bridgehead atoms. The summed E-state index contributed by atoms with van der Waals surface area (Å²) < 4.78 is 2.01. The number of aromatic nitrogens is 2. The van der Waals surface area contributed by atoms with Crippen LogP contribution in [0.5, 0.6) is 0 Å². The maximum Gasteiger partial charge on any atom is 0.140 e. The van der Waals surface area contributed by atoms with E-state index < -0.39 is 0 Å². The molecule has 5 heteroatoms. The summed E-state index contributed by atoms with van der Waals surface area (Å²) in [5, 5.41) is 9.08. The molecule has 18 heavy (non-hydrogen) atoms. The Morgan fingerprint density at radius 2 is 2.22 bits per heavy atom. The number of aliphatic hydroxyl groups excluding tert-OH is 1. The van der Waals surface area contributed by atoms with Crippen molar-refractivity contribution in [3.63, 3.8) is 0 Å². The zero-order chi connectivity index (χ0) is 13.1. The standard InChI is InChI=1S/C13H20N4O/c1-3-16(4-5-18)12-6-10(2)13-15-11(7-14)8-17(13)9-12/h6,8-9,18H,3-5,7,14H2,1-2H3. The lowest BCUT2D eigenvalue weighted by Crippen LogP contribution is -2.26. The minimum absolute atomic E-state index is 0.156. The van der Waals surface area contributed by atoms with E-state index in [1.54, 1.807) is 0 Å². The van der Waals surface area contributed by atoms with E-state index in [4.69, 9.17) is 10.8 Å². The molecule has 0 aromatic carbocycles. The SMILES string of the molecule is CCN(CCO)c1cc(C)c2nc(CN)cn2c1. The molecule has 0 unspecified atom stereocenters. The van der Waals surface area contributed by atoms with Crippen molar-refractivity contribution in [1.82, 2.24) is 9.38 Å². The lowest BCUT2D eigenvalue weighted by Gasteiger charge is -2.22. The molecular formula is C13H20N4O. The molecule has 0 aliphatic heterocycles. The number of hydrogen-bond donors (Lipinski definition) is 2. The zero-order valence-electron chi connectivity index (χ0n) is 10.9. The molecule has 0 aliphatic rings. The Kier molecular flexibility index (Phi) is 3.84. The number of nitrogens with two attached hydrogens (primary N) is 1. The predicted molar refractivity (Wildman–Crippen MR) is 72.8 cm³/mol. The summed E-state index contributed by atoms with van der Waals surface area (Å²) in [6.07, 6.45) is 3.99. The summed E-state index contributed by atoms with van der Waals surface area (Å²) in [6, 6.07) is 2.10. The summed E-state index contributed by atoms with van der Waals surface area (Å²) in [4.78, 5) is 6.61. The van der Waals surface area contributed by atoms with Gasteiger partial charge in [-0.2, -0.15) is 0 Å². The Bertz CT molecular complexity index is 535. The molecule has 0 saturated carbocycles. The predicted octanol–water partition coefficient (Wildman–Crippen LogP) is 0.920. The molecule has 0 spiro atoms. The molecule has 2 aromatic rings. The van der Waals surface area contributed by atoms with Crippen LogP contribution in [-0.2, 0) is 6.54 Å². The highest BCUT2D eigenvalue weighted by Gasteiger charge is 2.09. The quantitative estimate of drug-likeness (QED) is 0.825. The molecule has 0 amide bonds. The van der Waals surface area contributed by atoms with Gasteiger partial charge in [0.1, 0.15) is 5.65 Å². The third kappa shape index (κ3) is 2.32. The fourth-order valence-electron chi connectivity index (χ4n) is 2.16. The zero-order valence-corrected chi connectivity index (χ0v) is 10.9. The van der Waals surface area contributed by atoms with E-state index in [-0.39, 0.29) is 6.61 Å². The van der Waals surface area contributed by atoms with E-state index >= 15 is 0 Å². The number of hydrogen-bond acceptors (Lipinski definition) is 4. The number of rotatable bonds is 5. The summed E-state index contributed by atoms with van der Waals surface area (Å²) >= 11 is 0. The Morgan fingerprint density at radius 3 is 2.83 bits per heavy atom. The number of aliphatic hydroxyl groups is 1. The third-order valence-corrected chi connectivity index (χ3v) is 3.10. The number of anilines is 1. The second-order valence-electron chi connectivity index (χ2n) is 4.35. The first-order valence-electron chi connectivity index (χ1n) is 6.23. The minimum Gasteiger partial charge on any atom is -0.395 e. The van der Waals surface area contributed by atoms with Crippen LogP contribution in [-0.4, -0.2) is 34.2 Å². The number of nitrogens with zero attached hydrogens (tertiary/aromatic N) is 3. The normalized spacial score (nSPS) is 11.1. The number of likely N-dealkylation sites (N-methyl/N-ethyl adjacent to an activating group) is 1. The smallest absolute Gasteiger partial charge is 0.140 e. The Balaban J connectivity index is 2.46. The fourth-order valence-corrected chi connectivity index (χ4v) is 2.16. The third-order valence-electron chi connectivity index (χ3n) is 3.10. The van der Waals surface area contributed by atoms with E-state index in [0.29, 0.717) is 13.1 Å². The number of imidazole rings is 1.